The Kier molecular flexibility index (Phi) is 9.54. The third-order valence-electron chi connectivity index (χ3n) is 5.24. The lowest BCUT2D eigenvalue weighted by molar-refractivity contribution is 0.0323. The Balaban J connectivity index is 1.66. The van der Waals surface area contributed by atoms with Gasteiger partial charge in [0.15, 0.2) is 0 Å². The molecule has 0 spiro atoms. The topological polar surface area (TPSA) is 102 Å². The number of imide groups is 1. The van der Waals surface area contributed by atoms with Crippen LogP contribution in [0.1, 0.15) is 33.5 Å². The molecule has 0 saturated carbocycles. The van der Waals surface area contributed by atoms with Crippen LogP contribution in [-0.2, 0) is 13.0 Å². The Hall–Kier alpha value is -3.78. The number of carbonyl (C=O) groups excluding carboxylic acids is 2. The molecular formula is C27H29N3O4. The summed E-state index contributed by atoms with van der Waals surface area (Å²) in [6, 6.07) is 25.7. The first-order valence-electron chi connectivity index (χ1n) is 11.1. The number of hydroxylamine groups is 1. The molecule has 0 aliphatic rings. The van der Waals surface area contributed by atoms with Gasteiger partial charge in [0.1, 0.15) is 6.23 Å². The number of hydrogen-bond acceptors (Lipinski definition) is 5. The molecule has 7 heteroatoms. The fourth-order valence-electron chi connectivity index (χ4n) is 3.41. The van der Waals surface area contributed by atoms with E-state index in [0.717, 1.165) is 24.0 Å². The molecule has 34 heavy (non-hydrogen) atoms. The van der Waals surface area contributed by atoms with Crippen molar-refractivity contribution >= 4 is 18.0 Å². The van der Waals surface area contributed by atoms with Crippen molar-refractivity contribution in [2.45, 2.75) is 25.6 Å². The van der Waals surface area contributed by atoms with Crippen molar-refractivity contribution in [1.29, 1.82) is 0 Å². The van der Waals surface area contributed by atoms with Crippen molar-refractivity contribution < 1.29 is 19.9 Å². The lowest BCUT2D eigenvalue weighted by Gasteiger charge is -2.23. The van der Waals surface area contributed by atoms with Crippen LogP contribution in [-0.4, -0.2) is 39.9 Å². The van der Waals surface area contributed by atoms with Crippen LogP contribution in [0.5, 0.6) is 0 Å². The zero-order valence-electron chi connectivity index (χ0n) is 18.8. The van der Waals surface area contributed by atoms with Gasteiger partial charge in [-0.15, -0.1) is 0 Å². The molecule has 3 amide bonds. The van der Waals surface area contributed by atoms with Crippen LogP contribution >= 0.6 is 0 Å². The van der Waals surface area contributed by atoms with Gasteiger partial charge in [-0.05, 0) is 47.7 Å². The van der Waals surface area contributed by atoms with Crippen molar-refractivity contribution in [3.8, 4) is 0 Å². The molecule has 3 aromatic rings. The minimum atomic E-state index is -1.15. The van der Waals surface area contributed by atoms with Crippen LogP contribution in [0.3, 0.4) is 0 Å². The monoisotopic (exact) mass is 459 g/mol. The van der Waals surface area contributed by atoms with Crippen LogP contribution in [0.4, 0.5) is 4.79 Å². The maximum absolute atomic E-state index is 13.0. The first-order chi connectivity index (χ1) is 16.5. The molecule has 0 radical (unpaired) electrons. The van der Waals surface area contributed by atoms with Crippen LogP contribution < -0.4 is 10.8 Å². The normalized spacial score (nSPS) is 11.8. The summed E-state index contributed by atoms with van der Waals surface area (Å²) in [5.41, 5.74) is 5.09. The summed E-state index contributed by atoms with van der Waals surface area (Å²) in [5.74, 6) is -0.435. The third-order valence-corrected chi connectivity index (χ3v) is 5.24. The number of rotatable bonds is 10. The number of amides is 3. The molecule has 3 aromatic carbocycles. The highest BCUT2D eigenvalue weighted by molar-refractivity contribution is 6.04. The predicted molar refractivity (Wildman–Crippen MR) is 131 cm³/mol. The first kappa shape index (κ1) is 24.9. The van der Waals surface area contributed by atoms with E-state index in [4.69, 9.17) is 5.21 Å². The predicted octanol–water partition coefficient (Wildman–Crippen LogP) is 3.98. The highest BCUT2D eigenvalue weighted by Crippen LogP contribution is 2.12. The molecule has 0 aromatic heterocycles. The number of urea groups is 1. The van der Waals surface area contributed by atoms with Gasteiger partial charge < -0.3 is 15.2 Å². The summed E-state index contributed by atoms with van der Waals surface area (Å²) in [4.78, 5) is 27.1. The number of aliphatic hydroxyl groups excluding tert-OH is 1. The fourth-order valence-corrected chi connectivity index (χ4v) is 3.41. The van der Waals surface area contributed by atoms with E-state index in [1.54, 1.807) is 40.7 Å². The van der Waals surface area contributed by atoms with Crippen molar-refractivity contribution in [1.82, 2.24) is 15.7 Å². The summed E-state index contributed by atoms with van der Waals surface area (Å²) >= 11 is 0. The zero-order valence-corrected chi connectivity index (χ0v) is 18.8. The SMILES string of the molecule is O=C(NC(=O)N(CCCc1ccccc1)Cc1ccc(/C=C/C(O)NO)cc1)c1ccccc1. The maximum atomic E-state index is 13.0. The summed E-state index contributed by atoms with van der Waals surface area (Å²) in [6.07, 6.45) is 3.51. The van der Waals surface area contributed by atoms with E-state index < -0.39 is 18.2 Å². The summed E-state index contributed by atoms with van der Waals surface area (Å²) in [7, 11) is 0. The second kappa shape index (κ2) is 13.1. The van der Waals surface area contributed by atoms with E-state index >= 15 is 0 Å². The van der Waals surface area contributed by atoms with Gasteiger partial charge in [-0.2, -0.15) is 5.48 Å². The van der Waals surface area contributed by atoms with Gasteiger partial charge in [-0.3, -0.25) is 10.1 Å². The molecule has 0 bridgehead atoms. The second-order valence-corrected chi connectivity index (χ2v) is 7.81. The fraction of sp³-hybridized carbons (Fsp3) is 0.185. The number of nitrogens with one attached hydrogen (secondary N) is 2. The molecule has 0 aliphatic heterocycles. The Morgan fingerprint density at radius 3 is 2.18 bits per heavy atom. The Labute approximate surface area is 199 Å². The molecule has 0 saturated heterocycles. The largest absolute Gasteiger partial charge is 0.373 e. The average molecular weight is 460 g/mol. The van der Waals surface area contributed by atoms with Crippen molar-refractivity contribution in [2.24, 2.45) is 0 Å². The van der Waals surface area contributed by atoms with Gasteiger partial charge in [0.05, 0.1) is 0 Å². The van der Waals surface area contributed by atoms with E-state index in [1.165, 1.54) is 11.6 Å². The van der Waals surface area contributed by atoms with Gasteiger partial charge in [0, 0.05) is 18.7 Å². The molecule has 1 unspecified atom stereocenters. The summed E-state index contributed by atoms with van der Waals surface area (Å²) < 4.78 is 0. The van der Waals surface area contributed by atoms with E-state index in [2.05, 4.69) is 17.4 Å². The summed E-state index contributed by atoms with van der Waals surface area (Å²) in [6.45, 7) is 0.826. The molecule has 0 aliphatic carbocycles. The molecule has 4 N–H and O–H groups in total. The smallest absolute Gasteiger partial charge is 0.324 e. The minimum absolute atomic E-state index is 0.341. The van der Waals surface area contributed by atoms with Gasteiger partial charge in [0.2, 0.25) is 0 Å². The van der Waals surface area contributed by atoms with E-state index in [1.807, 2.05) is 48.5 Å². The summed E-state index contributed by atoms with van der Waals surface area (Å²) in [5, 5.41) is 20.5. The van der Waals surface area contributed by atoms with Crippen molar-refractivity contribution in [3.63, 3.8) is 0 Å². The molecule has 3 rings (SSSR count). The van der Waals surface area contributed by atoms with E-state index in [9.17, 15) is 14.7 Å². The lowest BCUT2D eigenvalue weighted by atomic mass is 10.1. The maximum Gasteiger partial charge on any atom is 0.324 e. The van der Waals surface area contributed by atoms with Gasteiger partial charge in [-0.1, -0.05) is 78.9 Å². The van der Waals surface area contributed by atoms with Crippen LogP contribution in [0.25, 0.3) is 6.08 Å². The zero-order chi connectivity index (χ0) is 24.2. The molecule has 0 heterocycles. The number of hydrogen-bond donors (Lipinski definition) is 4. The van der Waals surface area contributed by atoms with E-state index in [-0.39, 0.29) is 0 Å². The lowest BCUT2D eigenvalue weighted by Crippen LogP contribution is -2.43. The molecule has 176 valence electrons. The molecule has 0 fully saturated rings. The minimum Gasteiger partial charge on any atom is -0.373 e. The number of aliphatic hydroxyl groups is 1. The Morgan fingerprint density at radius 1 is 0.882 bits per heavy atom. The Morgan fingerprint density at radius 2 is 1.53 bits per heavy atom. The average Bonchev–Trinajstić information content (AvgIpc) is 2.88. The van der Waals surface area contributed by atoms with Crippen molar-refractivity contribution in [3.05, 3.63) is 113 Å². The highest BCUT2D eigenvalue weighted by atomic mass is 16.5. The first-order valence-corrected chi connectivity index (χ1v) is 11.1. The van der Waals surface area contributed by atoms with Gasteiger partial charge in [-0.25, -0.2) is 4.79 Å². The van der Waals surface area contributed by atoms with Crippen LogP contribution in [0.2, 0.25) is 0 Å². The number of nitrogens with zero attached hydrogens (tertiary/aromatic N) is 1. The molecule has 1 atom stereocenters. The number of benzene rings is 3. The quantitative estimate of drug-likeness (QED) is 0.271. The van der Waals surface area contributed by atoms with E-state index in [0.29, 0.717) is 18.7 Å². The standard InChI is InChI=1S/C27H29N3O4/c31-25(29-34)18-17-22-13-15-23(16-14-22)20-30(19-7-10-21-8-3-1-4-9-21)27(33)28-26(32)24-11-5-2-6-12-24/h1-6,8-9,11-18,25,29,31,34H,7,10,19-20H2,(H,28,32,33)/b18-17+. The van der Waals surface area contributed by atoms with Gasteiger partial charge in [0.25, 0.3) is 5.91 Å². The molecular weight excluding hydrogens is 430 g/mol. The van der Waals surface area contributed by atoms with Crippen LogP contribution in [0.15, 0.2) is 91.0 Å². The molecule has 7 nitrogen and oxygen atoms in total. The highest BCUT2D eigenvalue weighted by Gasteiger charge is 2.17. The van der Waals surface area contributed by atoms with Gasteiger partial charge >= 0.3 is 6.03 Å². The number of aryl methyl sites for hydroxylation is 1. The number of carbonyl (C=O) groups is 2. The third kappa shape index (κ3) is 7.97. The van der Waals surface area contributed by atoms with Crippen LogP contribution in [0, 0.1) is 0 Å². The van der Waals surface area contributed by atoms with Crippen molar-refractivity contribution in [2.75, 3.05) is 6.54 Å². The second-order valence-electron chi connectivity index (χ2n) is 7.81. The Bertz CT molecular complexity index is 1070.